The van der Waals surface area contributed by atoms with Crippen molar-refractivity contribution in [3.05, 3.63) is 29.8 Å². The molecular formula is C15H18ClF3N2O3. The number of nitrogens with one attached hydrogen (secondary N) is 1. The molecule has 3 rings (SSSR count). The molecule has 9 heteroatoms. The van der Waals surface area contributed by atoms with Crippen molar-refractivity contribution in [1.82, 2.24) is 10.2 Å². The Morgan fingerprint density at radius 2 is 1.75 bits per heavy atom. The molecule has 0 saturated carbocycles. The highest BCUT2D eigenvalue weighted by Crippen LogP contribution is 2.27. The molecule has 5 nitrogen and oxygen atoms in total. The topological polar surface area (TPSA) is 50.8 Å². The predicted molar refractivity (Wildman–Crippen MR) is 82.0 cm³/mol. The van der Waals surface area contributed by atoms with Crippen LogP contribution in [0.5, 0.6) is 5.75 Å². The average molecular weight is 367 g/mol. The number of carbonyl (C=O) groups is 1. The number of benzene rings is 1. The first kappa shape index (κ1) is 18.7. The first-order valence-corrected chi connectivity index (χ1v) is 7.38. The highest BCUT2D eigenvalue weighted by Gasteiger charge is 2.38. The minimum atomic E-state index is -4.71. The van der Waals surface area contributed by atoms with E-state index in [2.05, 4.69) is 10.1 Å². The van der Waals surface area contributed by atoms with E-state index in [-0.39, 0.29) is 30.9 Å². The number of alkyl halides is 3. The van der Waals surface area contributed by atoms with E-state index in [4.69, 9.17) is 4.74 Å². The van der Waals surface area contributed by atoms with Crippen molar-refractivity contribution >= 4 is 18.5 Å². The number of hydrogen-bond acceptors (Lipinski definition) is 4. The molecule has 0 radical (unpaired) electrons. The van der Waals surface area contributed by atoms with Crippen molar-refractivity contribution in [2.75, 3.05) is 26.2 Å². The van der Waals surface area contributed by atoms with Gasteiger partial charge >= 0.3 is 12.5 Å². The van der Waals surface area contributed by atoms with Gasteiger partial charge in [0, 0.05) is 26.2 Å². The van der Waals surface area contributed by atoms with Crippen molar-refractivity contribution in [2.24, 2.45) is 11.8 Å². The van der Waals surface area contributed by atoms with Gasteiger partial charge in [0.15, 0.2) is 0 Å². The third-order valence-corrected chi connectivity index (χ3v) is 4.17. The standard InChI is InChI=1S/C15H17F3N2O3.ClH/c16-15(17,18)23-13-3-1-10(2-4-13)9-22-14(21)20-7-11-5-19-6-12(11)8-20;/h1-4,11-12,19H,5-9H2;1H/t11-,12-;/m0./s1. The second-order valence-electron chi connectivity index (χ2n) is 5.83. The smallest absolute Gasteiger partial charge is 0.445 e. The van der Waals surface area contributed by atoms with E-state index in [1.807, 2.05) is 0 Å². The van der Waals surface area contributed by atoms with Crippen LogP contribution in [-0.2, 0) is 11.3 Å². The van der Waals surface area contributed by atoms with Crippen LogP contribution < -0.4 is 10.1 Å². The monoisotopic (exact) mass is 366 g/mol. The SMILES string of the molecule is Cl.O=C(OCc1ccc(OC(F)(F)F)cc1)N1C[C@@H]2CNC[C@H]2C1. The Labute approximate surface area is 143 Å². The number of hydrogen-bond donors (Lipinski definition) is 1. The summed E-state index contributed by atoms with van der Waals surface area (Å²) in [5.74, 6) is 0.676. The van der Waals surface area contributed by atoms with Crippen molar-refractivity contribution in [3.63, 3.8) is 0 Å². The van der Waals surface area contributed by atoms with Gasteiger partial charge in [-0.1, -0.05) is 12.1 Å². The molecule has 2 fully saturated rings. The van der Waals surface area contributed by atoms with Crippen LogP contribution in [0.1, 0.15) is 5.56 Å². The number of fused-ring (bicyclic) bond motifs is 1. The van der Waals surface area contributed by atoms with Gasteiger partial charge in [0.05, 0.1) is 0 Å². The predicted octanol–water partition coefficient (Wildman–Crippen LogP) is 2.79. The Balaban J connectivity index is 0.00000208. The van der Waals surface area contributed by atoms with E-state index >= 15 is 0 Å². The minimum absolute atomic E-state index is 0. The second kappa shape index (κ2) is 7.48. The lowest BCUT2D eigenvalue weighted by Gasteiger charge is -2.17. The van der Waals surface area contributed by atoms with Gasteiger partial charge in [-0.25, -0.2) is 4.79 Å². The minimum Gasteiger partial charge on any atom is -0.445 e. The molecule has 0 unspecified atom stereocenters. The number of halogens is 4. The molecule has 1 N–H and O–H groups in total. The zero-order valence-corrected chi connectivity index (χ0v) is 13.5. The number of ether oxygens (including phenoxy) is 2. The van der Waals surface area contributed by atoms with Gasteiger partial charge in [-0.3, -0.25) is 0 Å². The summed E-state index contributed by atoms with van der Waals surface area (Å²) in [6.45, 7) is 3.25. The van der Waals surface area contributed by atoms with Crippen LogP contribution in [0.4, 0.5) is 18.0 Å². The Hall–Kier alpha value is -1.67. The number of nitrogens with zero attached hydrogens (tertiary/aromatic N) is 1. The lowest BCUT2D eigenvalue weighted by atomic mass is 10.0. The molecule has 0 aromatic heterocycles. The summed E-state index contributed by atoms with van der Waals surface area (Å²) in [5, 5.41) is 3.29. The molecule has 2 atom stereocenters. The Morgan fingerprint density at radius 3 is 2.29 bits per heavy atom. The number of rotatable bonds is 3. The van der Waals surface area contributed by atoms with Crippen molar-refractivity contribution < 1.29 is 27.4 Å². The largest absolute Gasteiger partial charge is 0.573 e. The number of carbonyl (C=O) groups excluding carboxylic acids is 1. The highest BCUT2D eigenvalue weighted by atomic mass is 35.5. The molecule has 0 spiro atoms. The zero-order chi connectivity index (χ0) is 16.4. The van der Waals surface area contributed by atoms with E-state index in [9.17, 15) is 18.0 Å². The molecule has 2 aliphatic heterocycles. The van der Waals surface area contributed by atoms with Gasteiger partial charge in [-0.2, -0.15) is 0 Å². The van der Waals surface area contributed by atoms with Crippen LogP contribution in [-0.4, -0.2) is 43.5 Å². The van der Waals surface area contributed by atoms with Crippen LogP contribution >= 0.6 is 12.4 Å². The maximum absolute atomic E-state index is 12.1. The van der Waals surface area contributed by atoms with Gasteiger partial charge in [-0.15, -0.1) is 25.6 Å². The van der Waals surface area contributed by atoms with E-state index in [0.29, 0.717) is 30.5 Å². The molecule has 2 saturated heterocycles. The molecule has 0 bridgehead atoms. The van der Waals surface area contributed by atoms with Crippen LogP contribution in [0.2, 0.25) is 0 Å². The van der Waals surface area contributed by atoms with Crippen LogP contribution in [0.25, 0.3) is 0 Å². The van der Waals surface area contributed by atoms with Crippen molar-refractivity contribution in [2.45, 2.75) is 13.0 Å². The van der Waals surface area contributed by atoms with Crippen LogP contribution in [0.3, 0.4) is 0 Å². The highest BCUT2D eigenvalue weighted by molar-refractivity contribution is 5.85. The maximum atomic E-state index is 12.1. The molecular weight excluding hydrogens is 349 g/mol. The summed E-state index contributed by atoms with van der Waals surface area (Å²) in [5.41, 5.74) is 0.605. The van der Waals surface area contributed by atoms with E-state index in [1.165, 1.54) is 24.3 Å². The first-order chi connectivity index (χ1) is 10.9. The van der Waals surface area contributed by atoms with Gasteiger partial charge in [0.1, 0.15) is 12.4 Å². The number of likely N-dealkylation sites (tertiary alicyclic amines) is 1. The van der Waals surface area contributed by atoms with E-state index < -0.39 is 6.36 Å². The van der Waals surface area contributed by atoms with Gasteiger partial charge in [-0.05, 0) is 29.5 Å². The third-order valence-electron chi connectivity index (χ3n) is 4.17. The quantitative estimate of drug-likeness (QED) is 0.893. The number of amides is 1. The summed E-state index contributed by atoms with van der Waals surface area (Å²) in [6, 6.07) is 5.28. The molecule has 2 aliphatic rings. The lowest BCUT2D eigenvalue weighted by molar-refractivity contribution is -0.274. The average Bonchev–Trinajstić information content (AvgIpc) is 3.05. The fourth-order valence-electron chi connectivity index (χ4n) is 3.03. The molecule has 1 amide bonds. The molecule has 134 valence electrons. The lowest BCUT2D eigenvalue weighted by Crippen LogP contribution is -2.32. The Morgan fingerprint density at radius 1 is 1.17 bits per heavy atom. The Kier molecular flexibility index (Phi) is 5.82. The maximum Gasteiger partial charge on any atom is 0.573 e. The van der Waals surface area contributed by atoms with Crippen LogP contribution in [0, 0.1) is 11.8 Å². The molecule has 1 aromatic carbocycles. The van der Waals surface area contributed by atoms with Gasteiger partial charge in [0.25, 0.3) is 0 Å². The zero-order valence-electron chi connectivity index (χ0n) is 12.7. The Bertz CT molecular complexity index is 556. The second-order valence-corrected chi connectivity index (χ2v) is 5.83. The van der Waals surface area contributed by atoms with Gasteiger partial charge in [0.2, 0.25) is 0 Å². The summed E-state index contributed by atoms with van der Waals surface area (Å²) in [7, 11) is 0. The van der Waals surface area contributed by atoms with E-state index in [0.717, 1.165) is 13.1 Å². The third kappa shape index (κ3) is 4.67. The van der Waals surface area contributed by atoms with Crippen molar-refractivity contribution in [3.8, 4) is 5.75 Å². The molecule has 0 aliphatic carbocycles. The van der Waals surface area contributed by atoms with E-state index in [1.54, 1.807) is 4.90 Å². The normalized spacial score (nSPS) is 22.7. The summed E-state index contributed by atoms with van der Waals surface area (Å²) < 4.78 is 45.2. The summed E-state index contributed by atoms with van der Waals surface area (Å²) in [6.07, 6.45) is -5.09. The molecule has 24 heavy (non-hydrogen) atoms. The van der Waals surface area contributed by atoms with Crippen molar-refractivity contribution in [1.29, 1.82) is 0 Å². The molecule has 2 heterocycles. The molecule has 1 aromatic rings. The van der Waals surface area contributed by atoms with Gasteiger partial charge < -0.3 is 19.7 Å². The fraction of sp³-hybridized carbons (Fsp3) is 0.533. The van der Waals surface area contributed by atoms with Crippen LogP contribution in [0.15, 0.2) is 24.3 Å². The first-order valence-electron chi connectivity index (χ1n) is 7.38. The summed E-state index contributed by atoms with van der Waals surface area (Å²) >= 11 is 0. The fourth-order valence-corrected chi connectivity index (χ4v) is 3.03. The summed E-state index contributed by atoms with van der Waals surface area (Å²) in [4.78, 5) is 13.7.